The minimum atomic E-state index is -0.605. The molecule has 3 nitrogen and oxygen atoms in total. The van der Waals surface area contributed by atoms with Gasteiger partial charge in [-0.2, -0.15) is 0 Å². The fourth-order valence-electron chi connectivity index (χ4n) is 1.83. The number of hydrogen-bond acceptors (Lipinski definition) is 4. The SMILES string of the molecule is CC(C)(C)NCCCc1nnc(-c2ccc(F)cc2F)s1. The minimum absolute atomic E-state index is 0.101. The highest BCUT2D eigenvalue weighted by Crippen LogP contribution is 2.27. The van der Waals surface area contributed by atoms with Crippen molar-refractivity contribution in [2.24, 2.45) is 0 Å². The Morgan fingerprint density at radius 3 is 2.62 bits per heavy atom. The standard InChI is InChI=1S/C15H19F2N3S/c1-15(2,3)18-8-4-5-13-19-20-14(21-13)11-7-6-10(16)9-12(11)17/h6-7,9,18H,4-5,8H2,1-3H3. The van der Waals surface area contributed by atoms with E-state index in [1.165, 1.54) is 23.5 Å². The van der Waals surface area contributed by atoms with Crippen molar-refractivity contribution >= 4 is 11.3 Å². The Kier molecular flexibility index (Phi) is 5.00. The number of benzene rings is 1. The molecular weight excluding hydrogens is 292 g/mol. The molecule has 0 radical (unpaired) electrons. The van der Waals surface area contributed by atoms with Gasteiger partial charge in [0.05, 0.1) is 0 Å². The number of hydrogen-bond donors (Lipinski definition) is 1. The molecule has 114 valence electrons. The van der Waals surface area contributed by atoms with Crippen molar-refractivity contribution in [2.45, 2.75) is 39.2 Å². The summed E-state index contributed by atoms with van der Waals surface area (Å²) in [6.45, 7) is 7.25. The van der Waals surface area contributed by atoms with Crippen LogP contribution < -0.4 is 5.32 Å². The minimum Gasteiger partial charge on any atom is -0.312 e. The molecule has 0 aliphatic carbocycles. The van der Waals surface area contributed by atoms with Crippen molar-refractivity contribution in [2.75, 3.05) is 6.54 Å². The van der Waals surface area contributed by atoms with Crippen molar-refractivity contribution in [1.29, 1.82) is 0 Å². The first kappa shape index (κ1) is 16.0. The van der Waals surface area contributed by atoms with Gasteiger partial charge in [-0.3, -0.25) is 0 Å². The topological polar surface area (TPSA) is 37.8 Å². The zero-order valence-corrected chi connectivity index (χ0v) is 13.2. The van der Waals surface area contributed by atoms with Crippen LogP contribution in [0.2, 0.25) is 0 Å². The second-order valence-electron chi connectivity index (χ2n) is 5.91. The van der Waals surface area contributed by atoms with Gasteiger partial charge in [-0.05, 0) is 45.9 Å². The van der Waals surface area contributed by atoms with Crippen LogP contribution in [-0.2, 0) is 6.42 Å². The second-order valence-corrected chi connectivity index (χ2v) is 6.97. The maximum absolute atomic E-state index is 13.7. The third-order valence-electron chi connectivity index (χ3n) is 2.85. The molecule has 0 unspecified atom stereocenters. The lowest BCUT2D eigenvalue weighted by atomic mass is 10.1. The molecule has 2 aromatic rings. The van der Waals surface area contributed by atoms with E-state index in [9.17, 15) is 8.78 Å². The van der Waals surface area contributed by atoms with Gasteiger partial charge < -0.3 is 5.32 Å². The molecule has 1 heterocycles. The van der Waals surface area contributed by atoms with Crippen molar-refractivity contribution < 1.29 is 8.78 Å². The Labute approximate surface area is 127 Å². The van der Waals surface area contributed by atoms with Gasteiger partial charge in [0.2, 0.25) is 0 Å². The molecule has 1 aromatic carbocycles. The lowest BCUT2D eigenvalue weighted by Crippen LogP contribution is -2.36. The van der Waals surface area contributed by atoms with Gasteiger partial charge in [-0.1, -0.05) is 11.3 Å². The number of halogens is 2. The smallest absolute Gasteiger partial charge is 0.150 e. The van der Waals surface area contributed by atoms with E-state index in [0.717, 1.165) is 30.5 Å². The van der Waals surface area contributed by atoms with Crippen LogP contribution in [0.25, 0.3) is 10.6 Å². The van der Waals surface area contributed by atoms with E-state index in [2.05, 4.69) is 36.3 Å². The predicted molar refractivity (Wildman–Crippen MR) is 81.3 cm³/mol. The lowest BCUT2D eigenvalue weighted by Gasteiger charge is -2.20. The van der Waals surface area contributed by atoms with E-state index < -0.39 is 11.6 Å². The molecular formula is C15H19F2N3S. The van der Waals surface area contributed by atoms with Crippen LogP contribution >= 0.6 is 11.3 Å². The highest BCUT2D eigenvalue weighted by molar-refractivity contribution is 7.14. The summed E-state index contributed by atoms with van der Waals surface area (Å²) in [6, 6.07) is 3.49. The second kappa shape index (κ2) is 6.58. The molecule has 6 heteroatoms. The molecule has 0 atom stereocenters. The van der Waals surface area contributed by atoms with E-state index >= 15 is 0 Å². The van der Waals surface area contributed by atoms with Crippen LogP contribution in [0.5, 0.6) is 0 Å². The first-order valence-electron chi connectivity index (χ1n) is 6.88. The molecule has 0 fully saturated rings. The quantitative estimate of drug-likeness (QED) is 0.853. The van der Waals surface area contributed by atoms with Crippen LogP contribution in [0, 0.1) is 11.6 Å². The van der Waals surface area contributed by atoms with Gasteiger partial charge in [0.1, 0.15) is 16.6 Å². The van der Waals surface area contributed by atoms with Crippen molar-refractivity contribution in [3.8, 4) is 10.6 Å². The zero-order valence-electron chi connectivity index (χ0n) is 12.4. The lowest BCUT2D eigenvalue weighted by molar-refractivity contribution is 0.422. The number of nitrogens with zero attached hydrogens (tertiary/aromatic N) is 2. The summed E-state index contributed by atoms with van der Waals surface area (Å²) in [7, 11) is 0. The average Bonchev–Trinajstić information content (AvgIpc) is 2.82. The summed E-state index contributed by atoms with van der Waals surface area (Å²) in [4.78, 5) is 0. The Balaban J connectivity index is 1.95. The molecule has 0 aliphatic heterocycles. The monoisotopic (exact) mass is 311 g/mol. The van der Waals surface area contributed by atoms with Crippen LogP contribution in [0.3, 0.4) is 0 Å². The van der Waals surface area contributed by atoms with E-state index in [4.69, 9.17) is 0 Å². The van der Waals surface area contributed by atoms with Crippen molar-refractivity contribution in [1.82, 2.24) is 15.5 Å². The van der Waals surface area contributed by atoms with Crippen LogP contribution in [0.1, 0.15) is 32.2 Å². The fraction of sp³-hybridized carbons (Fsp3) is 0.467. The molecule has 0 saturated heterocycles. The maximum Gasteiger partial charge on any atom is 0.150 e. The van der Waals surface area contributed by atoms with E-state index in [1.54, 1.807) is 0 Å². The molecule has 0 amide bonds. The molecule has 21 heavy (non-hydrogen) atoms. The zero-order chi connectivity index (χ0) is 15.5. The predicted octanol–water partition coefficient (Wildman–Crippen LogP) is 3.80. The van der Waals surface area contributed by atoms with E-state index in [1.807, 2.05) is 0 Å². The number of aromatic nitrogens is 2. The third kappa shape index (κ3) is 4.82. The Morgan fingerprint density at radius 1 is 1.19 bits per heavy atom. The van der Waals surface area contributed by atoms with Crippen LogP contribution in [0.4, 0.5) is 8.78 Å². The van der Waals surface area contributed by atoms with Gasteiger partial charge in [0.15, 0.2) is 5.01 Å². The summed E-state index contributed by atoms with van der Waals surface area (Å²) >= 11 is 1.35. The first-order valence-corrected chi connectivity index (χ1v) is 7.70. The summed E-state index contributed by atoms with van der Waals surface area (Å²) in [5, 5.41) is 12.8. The number of nitrogens with one attached hydrogen (secondary N) is 1. The number of rotatable bonds is 5. The molecule has 1 N–H and O–H groups in total. The highest BCUT2D eigenvalue weighted by atomic mass is 32.1. The van der Waals surface area contributed by atoms with Gasteiger partial charge >= 0.3 is 0 Å². The first-order chi connectivity index (χ1) is 9.85. The largest absolute Gasteiger partial charge is 0.312 e. The Bertz CT molecular complexity index is 605. The summed E-state index contributed by atoms with van der Waals surface area (Å²) < 4.78 is 26.6. The van der Waals surface area contributed by atoms with Gasteiger partial charge in [-0.25, -0.2) is 8.78 Å². The average molecular weight is 311 g/mol. The Morgan fingerprint density at radius 2 is 1.95 bits per heavy atom. The molecule has 0 saturated carbocycles. The molecule has 0 aliphatic rings. The molecule has 0 bridgehead atoms. The van der Waals surface area contributed by atoms with Gasteiger partial charge in [0.25, 0.3) is 0 Å². The third-order valence-corrected chi connectivity index (χ3v) is 3.87. The Hall–Kier alpha value is -1.40. The molecule has 1 aromatic heterocycles. The highest BCUT2D eigenvalue weighted by Gasteiger charge is 2.12. The van der Waals surface area contributed by atoms with E-state index in [0.29, 0.717) is 10.6 Å². The van der Waals surface area contributed by atoms with E-state index in [-0.39, 0.29) is 5.54 Å². The normalized spacial score (nSPS) is 11.9. The van der Waals surface area contributed by atoms with Gasteiger partial charge in [-0.15, -0.1) is 10.2 Å². The summed E-state index contributed by atoms with van der Waals surface area (Å²) in [6.07, 6.45) is 1.74. The van der Waals surface area contributed by atoms with Crippen LogP contribution in [-0.4, -0.2) is 22.3 Å². The summed E-state index contributed by atoms with van der Waals surface area (Å²) in [5.41, 5.74) is 0.400. The number of aryl methyl sites for hydroxylation is 1. The maximum atomic E-state index is 13.7. The molecule has 2 rings (SSSR count). The van der Waals surface area contributed by atoms with Crippen LogP contribution in [0.15, 0.2) is 18.2 Å². The van der Waals surface area contributed by atoms with Crippen molar-refractivity contribution in [3.63, 3.8) is 0 Å². The molecule has 0 spiro atoms. The fourth-order valence-corrected chi connectivity index (χ4v) is 2.74. The van der Waals surface area contributed by atoms with Crippen molar-refractivity contribution in [3.05, 3.63) is 34.8 Å². The van der Waals surface area contributed by atoms with Gasteiger partial charge in [0, 0.05) is 23.6 Å². The summed E-state index contributed by atoms with van der Waals surface area (Å²) in [5.74, 6) is -1.19.